The molecule has 0 fully saturated rings. The molecule has 0 radical (unpaired) electrons. The highest BCUT2D eigenvalue weighted by molar-refractivity contribution is 5.46. The molecule has 0 spiro atoms. The largest absolute Gasteiger partial charge is 0.493 e. The molecule has 0 aromatic heterocycles. The third-order valence-electron chi connectivity index (χ3n) is 2.18. The lowest BCUT2D eigenvalue weighted by molar-refractivity contribution is 0.332. The highest BCUT2D eigenvalue weighted by Crippen LogP contribution is 2.35. The molecule has 3 nitrogen and oxygen atoms in total. The first-order chi connectivity index (χ1) is 6.91. The van der Waals surface area contributed by atoms with Crippen molar-refractivity contribution in [3.05, 3.63) is 23.5 Å². The van der Waals surface area contributed by atoms with Gasteiger partial charge in [0.2, 0.25) is 0 Å². The summed E-state index contributed by atoms with van der Waals surface area (Å²) in [7, 11) is 2.86. The molecule has 0 unspecified atom stereocenters. The van der Waals surface area contributed by atoms with Crippen LogP contribution in [0.1, 0.15) is 19.4 Å². The summed E-state index contributed by atoms with van der Waals surface area (Å²) in [6.45, 7) is 3.47. The molecule has 1 rings (SSSR count). The molecule has 0 bridgehead atoms. The minimum absolute atomic E-state index is 0.0912. The van der Waals surface area contributed by atoms with Crippen LogP contribution in [0.3, 0.4) is 0 Å². The summed E-state index contributed by atoms with van der Waals surface area (Å²) in [5, 5.41) is 0. The number of rotatable bonds is 3. The van der Waals surface area contributed by atoms with Crippen molar-refractivity contribution in [2.75, 3.05) is 14.2 Å². The average Bonchev–Trinajstić information content (AvgIpc) is 2.15. The Bertz CT molecular complexity index is 358. The van der Waals surface area contributed by atoms with Crippen molar-refractivity contribution in [3.8, 4) is 11.5 Å². The van der Waals surface area contributed by atoms with E-state index >= 15 is 0 Å². The molecule has 0 amide bonds. The third-order valence-corrected chi connectivity index (χ3v) is 2.18. The van der Waals surface area contributed by atoms with Gasteiger partial charge in [-0.25, -0.2) is 4.39 Å². The first-order valence-electron chi connectivity index (χ1n) is 4.61. The van der Waals surface area contributed by atoms with Crippen LogP contribution in [0.4, 0.5) is 4.39 Å². The second-order valence-electron chi connectivity index (χ2n) is 3.88. The average molecular weight is 213 g/mol. The van der Waals surface area contributed by atoms with Crippen LogP contribution >= 0.6 is 0 Å². The summed E-state index contributed by atoms with van der Waals surface area (Å²) in [5.74, 6) is -0.0131. The first kappa shape index (κ1) is 11.8. The summed E-state index contributed by atoms with van der Waals surface area (Å²) in [6.07, 6.45) is 0. The molecule has 84 valence electrons. The van der Waals surface area contributed by atoms with Gasteiger partial charge in [-0.2, -0.15) is 0 Å². The zero-order valence-corrected chi connectivity index (χ0v) is 9.43. The maximum Gasteiger partial charge on any atom is 0.197 e. The van der Waals surface area contributed by atoms with Crippen molar-refractivity contribution >= 4 is 0 Å². The van der Waals surface area contributed by atoms with Crippen LogP contribution in [0.5, 0.6) is 11.5 Å². The zero-order chi connectivity index (χ0) is 11.6. The van der Waals surface area contributed by atoms with E-state index in [2.05, 4.69) is 0 Å². The molecule has 0 atom stereocenters. The smallest absolute Gasteiger partial charge is 0.197 e. The molecule has 0 heterocycles. The van der Waals surface area contributed by atoms with Gasteiger partial charge in [0, 0.05) is 11.1 Å². The summed E-state index contributed by atoms with van der Waals surface area (Å²) in [4.78, 5) is 0. The molecular weight excluding hydrogens is 197 g/mol. The molecule has 1 aromatic rings. The first-order valence-corrected chi connectivity index (χ1v) is 4.61. The summed E-state index contributed by atoms with van der Waals surface area (Å²) >= 11 is 0. The van der Waals surface area contributed by atoms with E-state index in [-0.39, 0.29) is 5.75 Å². The van der Waals surface area contributed by atoms with E-state index in [1.54, 1.807) is 26.0 Å². The number of methoxy groups -OCH3 is 2. The van der Waals surface area contributed by atoms with Crippen LogP contribution in [-0.2, 0) is 5.54 Å². The van der Waals surface area contributed by atoms with Crippen LogP contribution in [0.2, 0.25) is 0 Å². The van der Waals surface area contributed by atoms with Gasteiger partial charge in [0.15, 0.2) is 17.3 Å². The van der Waals surface area contributed by atoms with Gasteiger partial charge in [0.05, 0.1) is 14.2 Å². The maximum absolute atomic E-state index is 13.9. The molecule has 15 heavy (non-hydrogen) atoms. The van der Waals surface area contributed by atoms with Gasteiger partial charge in [-0.05, 0) is 19.9 Å². The van der Waals surface area contributed by atoms with Crippen LogP contribution in [0.15, 0.2) is 12.1 Å². The Hall–Kier alpha value is -1.29. The highest BCUT2D eigenvalue weighted by Gasteiger charge is 2.23. The number of benzene rings is 1. The lowest BCUT2D eigenvalue weighted by Crippen LogP contribution is -2.30. The second-order valence-corrected chi connectivity index (χ2v) is 3.88. The number of nitrogens with two attached hydrogens (primary N) is 1. The van der Waals surface area contributed by atoms with E-state index in [0.717, 1.165) is 0 Å². The van der Waals surface area contributed by atoms with Crippen LogP contribution in [-0.4, -0.2) is 14.2 Å². The van der Waals surface area contributed by atoms with Gasteiger partial charge in [0.25, 0.3) is 0 Å². The van der Waals surface area contributed by atoms with E-state index in [1.807, 2.05) is 0 Å². The summed E-state index contributed by atoms with van der Waals surface area (Å²) in [5.41, 5.74) is 5.49. The second kappa shape index (κ2) is 4.06. The van der Waals surface area contributed by atoms with Crippen molar-refractivity contribution < 1.29 is 13.9 Å². The van der Waals surface area contributed by atoms with Crippen molar-refractivity contribution in [1.29, 1.82) is 0 Å². The van der Waals surface area contributed by atoms with Gasteiger partial charge < -0.3 is 15.2 Å². The number of hydrogen-bond donors (Lipinski definition) is 1. The topological polar surface area (TPSA) is 44.5 Å². The monoisotopic (exact) mass is 213 g/mol. The van der Waals surface area contributed by atoms with Gasteiger partial charge >= 0.3 is 0 Å². The molecule has 1 aromatic carbocycles. The Balaban J connectivity index is 3.36. The fourth-order valence-electron chi connectivity index (χ4n) is 1.39. The van der Waals surface area contributed by atoms with E-state index in [1.165, 1.54) is 14.2 Å². The molecule has 0 aliphatic carbocycles. The fraction of sp³-hybridized carbons (Fsp3) is 0.455. The van der Waals surface area contributed by atoms with Crippen molar-refractivity contribution in [1.82, 2.24) is 0 Å². The predicted octanol–water partition coefficient (Wildman–Crippen LogP) is 2.04. The molecule has 0 aliphatic heterocycles. The quantitative estimate of drug-likeness (QED) is 0.835. The van der Waals surface area contributed by atoms with Gasteiger partial charge in [-0.1, -0.05) is 6.07 Å². The van der Waals surface area contributed by atoms with Gasteiger partial charge in [-0.15, -0.1) is 0 Å². The Kier molecular flexibility index (Phi) is 3.19. The van der Waals surface area contributed by atoms with E-state index in [9.17, 15) is 4.39 Å². The minimum Gasteiger partial charge on any atom is -0.493 e. The minimum atomic E-state index is -0.746. The van der Waals surface area contributed by atoms with Crippen LogP contribution in [0.25, 0.3) is 0 Å². The Morgan fingerprint density at radius 2 is 1.80 bits per heavy atom. The number of halogens is 1. The Morgan fingerprint density at radius 3 is 2.20 bits per heavy atom. The van der Waals surface area contributed by atoms with Crippen LogP contribution < -0.4 is 15.2 Å². The lowest BCUT2D eigenvalue weighted by Gasteiger charge is -2.21. The molecule has 2 N–H and O–H groups in total. The molecular formula is C11H16FNO2. The standard InChI is InChI=1S/C11H16FNO2/c1-11(2,13)7-5-6-8(14-3)10(15-4)9(7)12/h5-6H,13H2,1-4H3. The fourth-order valence-corrected chi connectivity index (χ4v) is 1.39. The van der Waals surface area contributed by atoms with Gasteiger partial charge in [-0.3, -0.25) is 0 Å². The SMILES string of the molecule is COc1ccc(C(C)(C)N)c(F)c1OC. The molecule has 0 saturated carbocycles. The highest BCUT2D eigenvalue weighted by atomic mass is 19.1. The molecule has 4 heteroatoms. The Labute approximate surface area is 89.0 Å². The number of ether oxygens (including phenoxy) is 2. The summed E-state index contributed by atoms with van der Waals surface area (Å²) in [6, 6.07) is 3.25. The van der Waals surface area contributed by atoms with E-state index < -0.39 is 11.4 Å². The van der Waals surface area contributed by atoms with Crippen molar-refractivity contribution in [2.24, 2.45) is 5.73 Å². The van der Waals surface area contributed by atoms with Crippen LogP contribution in [0, 0.1) is 5.82 Å². The zero-order valence-electron chi connectivity index (χ0n) is 9.43. The van der Waals surface area contributed by atoms with Crippen molar-refractivity contribution in [3.63, 3.8) is 0 Å². The summed E-state index contributed by atoms with van der Waals surface area (Å²) < 4.78 is 23.9. The third kappa shape index (κ3) is 2.21. The van der Waals surface area contributed by atoms with Gasteiger partial charge in [0.1, 0.15) is 0 Å². The number of hydrogen-bond acceptors (Lipinski definition) is 3. The van der Waals surface area contributed by atoms with Crippen molar-refractivity contribution in [2.45, 2.75) is 19.4 Å². The molecule has 0 saturated heterocycles. The Morgan fingerprint density at radius 1 is 1.20 bits per heavy atom. The van der Waals surface area contributed by atoms with E-state index in [0.29, 0.717) is 11.3 Å². The van der Waals surface area contributed by atoms with E-state index in [4.69, 9.17) is 15.2 Å². The normalized spacial score (nSPS) is 11.3. The maximum atomic E-state index is 13.9. The molecule has 0 aliphatic rings. The predicted molar refractivity (Wildman–Crippen MR) is 56.7 cm³/mol. The lowest BCUT2D eigenvalue weighted by atomic mass is 9.94.